The highest BCUT2D eigenvalue weighted by Crippen LogP contribution is 2.27. The molecule has 0 spiro atoms. The number of carbonyl (C=O) groups excluding carboxylic acids is 1. The van der Waals surface area contributed by atoms with Crippen LogP contribution in [0.3, 0.4) is 0 Å². The average Bonchev–Trinajstić information content (AvgIpc) is 3.24. The molecule has 0 radical (unpaired) electrons. The van der Waals surface area contributed by atoms with E-state index in [-0.39, 0.29) is 23.1 Å². The van der Waals surface area contributed by atoms with Crippen molar-refractivity contribution in [2.75, 3.05) is 6.61 Å². The van der Waals surface area contributed by atoms with Crippen molar-refractivity contribution in [2.24, 2.45) is 7.05 Å². The highest BCUT2D eigenvalue weighted by atomic mass is 35.5. The number of benzene rings is 1. The van der Waals surface area contributed by atoms with Crippen molar-refractivity contribution in [3.8, 4) is 17.1 Å². The molecule has 1 aromatic carbocycles. The summed E-state index contributed by atoms with van der Waals surface area (Å²) in [5, 5.41) is 9.22. The molecule has 3 aromatic heterocycles. The summed E-state index contributed by atoms with van der Waals surface area (Å²) in [7, 11) is 1.85. The minimum absolute atomic E-state index is 0.119. The minimum Gasteiger partial charge on any atom is -0.461 e. The first kappa shape index (κ1) is 22.6. The molecule has 170 valence electrons. The Labute approximate surface area is 195 Å². The number of rotatable bonds is 6. The molecule has 0 aliphatic heterocycles. The third-order valence-electron chi connectivity index (χ3n) is 5.23. The van der Waals surface area contributed by atoms with E-state index in [1.807, 2.05) is 14.0 Å². The molecule has 0 bridgehead atoms. The molecule has 0 N–H and O–H groups in total. The summed E-state index contributed by atoms with van der Waals surface area (Å²) in [5.74, 6) is -0.471. The van der Waals surface area contributed by atoms with Gasteiger partial charge in [0.1, 0.15) is 12.1 Å². The van der Waals surface area contributed by atoms with Gasteiger partial charge in [0.25, 0.3) is 0 Å². The number of carbonyl (C=O) groups is 1. The van der Waals surface area contributed by atoms with Gasteiger partial charge < -0.3 is 4.74 Å². The van der Waals surface area contributed by atoms with E-state index in [0.717, 1.165) is 22.5 Å². The second-order valence-electron chi connectivity index (χ2n) is 7.48. The quantitative estimate of drug-likeness (QED) is 0.393. The predicted molar refractivity (Wildman–Crippen MR) is 121 cm³/mol. The lowest BCUT2D eigenvalue weighted by Crippen LogP contribution is -2.14. The van der Waals surface area contributed by atoms with Crippen LogP contribution in [0.1, 0.15) is 40.1 Å². The van der Waals surface area contributed by atoms with Crippen LogP contribution in [0.15, 0.2) is 36.7 Å². The predicted octanol–water partition coefficient (Wildman–Crippen LogP) is 4.24. The number of esters is 1. The maximum atomic E-state index is 13.3. The zero-order chi connectivity index (χ0) is 23.7. The third kappa shape index (κ3) is 4.36. The number of ether oxygens (including phenoxy) is 1. The van der Waals surface area contributed by atoms with E-state index in [9.17, 15) is 9.18 Å². The summed E-state index contributed by atoms with van der Waals surface area (Å²) in [6.07, 6.45) is 1.84. The second-order valence-corrected chi connectivity index (χ2v) is 7.85. The van der Waals surface area contributed by atoms with Gasteiger partial charge in [-0.3, -0.25) is 4.68 Å². The Balaban J connectivity index is 1.69. The Morgan fingerprint density at radius 2 is 1.88 bits per heavy atom. The van der Waals surface area contributed by atoms with Crippen LogP contribution >= 0.6 is 11.6 Å². The van der Waals surface area contributed by atoms with E-state index in [1.165, 1.54) is 23.1 Å². The maximum absolute atomic E-state index is 13.3. The largest absolute Gasteiger partial charge is 0.461 e. The van der Waals surface area contributed by atoms with Crippen LogP contribution in [0.2, 0.25) is 5.02 Å². The van der Waals surface area contributed by atoms with Gasteiger partial charge in [0.15, 0.2) is 11.5 Å². The van der Waals surface area contributed by atoms with Crippen molar-refractivity contribution in [1.82, 2.24) is 29.5 Å². The van der Waals surface area contributed by atoms with Crippen molar-refractivity contribution in [1.29, 1.82) is 0 Å². The van der Waals surface area contributed by atoms with Crippen LogP contribution in [-0.2, 0) is 18.2 Å². The van der Waals surface area contributed by atoms with Gasteiger partial charge in [0, 0.05) is 25.1 Å². The first-order valence-corrected chi connectivity index (χ1v) is 10.7. The van der Waals surface area contributed by atoms with Gasteiger partial charge in [-0.05, 0) is 50.6 Å². The van der Waals surface area contributed by atoms with Crippen LogP contribution in [0.4, 0.5) is 4.39 Å². The standard InChI is InChI=1S/C23H22ClFN6O2/c1-5-33-23(32)22-20(24)14(3)28-31(22)19-11-17(26-12-27-19)10-18-13(2)21(30(4)29-18)15-6-8-16(25)9-7-15/h6-9,11-12H,5,10H2,1-4H3. The van der Waals surface area contributed by atoms with Crippen molar-refractivity contribution in [3.05, 3.63) is 75.8 Å². The van der Waals surface area contributed by atoms with Crippen LogP contribution in [0.5, 0.6) is 0 Å². The molecule has 0 aliphatic rings. The molecule has 0 aliphatic carbocycles. The number of aromatic nitrogens is 6. The number of nitrogens with zero attached hydrogens (tertiary/aromatic N) is 6. The number of aryl methyl sites for hydroxylation is 2. The highest BCUT2D eigenvalue weighted by Gasteiger charge is 2.24. The van der Waals surface area contributed by atoms with Gasteiger partial charge in [-0.25, -0.2) is 23.8 Å². The normalized spacial score (nSPS) is 11.1. The molecule has 0 unspecified atom stereocenters. The van der Waals surface area contributed by atoms with Gasteiger partial charge in [-0.2, -0.15) is 10.2 Å². The molecular weight excluding hydrogens is 447 g/mol. The van der Waals surface area contributed by atoms with Crippen LogP contribution in [0, 0.1) is 19.7 Å². The molecule has 0 saturated carbocycles. The van der Waals surface area contributed by atoms with E-state index in [0.29, 0.717) is 23.6 Å². The molecule has 33 heavy (non-hydrogen) atoms. The molecule has 10 heteroatoms. The Kier molecular flexibility index (Phi) is 6.24. The third-order valence-corrected chi connectivity index (χ3v) is 5.68. The van der Waals surface area contributed by atoms with Crippen LogP contribution in [0.25, 0.3) is 17.1 Å². The van der Waals surface area contributed by atoms with Gasteiger partial charge >= 0.3 is 5.97 Å². The molecular formula is C23H22ClFN6O2. The summed E-state index contributed by atoms with van der Waals surface area (Å²) in [6, 6.07) is 8.05. The number of hydrogen-bond donors (Lipinski definition) is 0. The molecule has 0 saturated heterocycles. The van der Waals surface area contributed by atoms with Gasteiger partial charge in [0.2, 0.25) is 0 Å². The lowest BCUT2D eigenvalue weighted by molar-refractivity contribution is 0.0515. The number of halogens is 2. The molecule has 0 amide bonds. The smallest absolute Gasteiger partial charge is 0.358 e. The van der Waals surface area contributed by atoms with E-state index in [4.69, 9.17) is 16.3 Å². The Morgan fingerprint density at radius 1 is 1.15 bits per heavy atom. The van der Waals surface area contributed by atoms with Crippen molar-refractivity contribution in [2.45, 2.75) is 27.2 Å². The van der Waals surface area contributed by atoms with Crippen LogP contribution < -0.4 is 0 Å². The molecule has 0 fully saturated rings. The number of hydrogen-bond acceptors (Lipinski definition) is 6. The topological polar surface area (TPSA) is 87.7 Å². The fourth-order valence-corrected chi connectivity index (χ4v) is 3.88. The minimum atomic E-state index is -0.576. The van der Waals surface area contributed by atoms with Crippen molar-refractivity contribution < 1.29 is 13.9 Å². The van der Waals surface area contributed by atoms with Crippen molar-refractivity contribution >= 4 is 17.6 Å². The summed E-state index contributed by atoms with van der Waals surface area (Å²) in [5.41, 5.74) is 4.86. The first-order valence-electron chi connectivity index (χ1n) is 10.3. The molecule has 0 atom stereocenters. The summed E-state index contributed by atoms with van der Waals surface area (Å²) in [4.78, 5) is 21.1. The Bertz CT molecular complexity index is 1330. The SMILES string of the molecule is CCOC(=O)c1c(Cl)c(C)nn1-c1cc(Cc2nn(C)c(-c3ccc(F)cc3)c2C)ncn1. The molecule has 4 rings (SSSR count). The Hall–Kier alpha value is -3.59. The monoisotopic (exact) mass is 468 g/mol. The van der Waals surface area contributed by atoms with E-state index in [2.05, 4.69) is 20.2 Å². The molecule has 3 heterocycles. The molecule has 4 aromatic rings. The first-order chi connectivity index (χ1) is 15.8. The fourth-order valence-electron chi connectivity index (χ4n) is 3.68. The lowest BCUT2D eigenvalue weighted by Gasteiger charge is -2.08. The van der Waals surface area contributed by atoms with Crippen LogP contribution in [-0.4, -0.2) is 42.1 Å². The average molecular weight is 469 g/mol. The van der Waals surface area contributed by atoms with Gasteiger partial charge in [-0.1, -0.05) is 11.6 Å². The fraction of sp³-hybridized carbons (Fsp3) is 0.261. The maximum Gasteiger partial charge on any atom is 0.358 e. The summed E-state index contributed by atoms with van der Waals surface area (Å²) < 4.78 is 21.6. The van der Waals surface area contributed by atoms with Crippen molar-refractivity contribution in [3.63, 3.8) is 0 Å². The van der Waals surface area contributed by atoms with Gasteiger partial charge in [-0.15, -0.1) is 0 Å². The summed E-state index contributed by atoms with van der Waals surface area (Å²) in [6.45, 7) is 5.61. The van der Waals surface area contributed by atoms with E-state index in [1.54, 1.807) is 36.7 Å². The lowest BCUT2D eigenvalue weighted by atomic mass is 10.0. The molecule has 8 nitrogen and oxygen atoms in total. The summed E-state index contributed by atoms with van der Waals surface area (Å²) >= 11 is 6.31. The zero-order valence-corrected chi connectivity index (χ0v) is 19.4. The Morgan fingerprint density at radius 3 is 2.58 bits per heavy atom. The van der Waals surface area contributed by atoms with E-state index < -0.39 is 5.97 Å². The zero-order valence-electron chi connectivity index (χ0n) is 18.6. The van der Waals surface area contributed by atoms with Gasteiger partial charge in [0.05, 0.1) is 34.4 Å². The highest BCUT2D eigenvalue weighted by molar-refractivity contribution is 6.34. The van der Waals surface area contributed by atoms with E-state index >= 15 is 0 Å². The second kappa shape index (κ2) is 9.11.